The number of allylic oxidation sites excluding steroid dienone is 1. The number of amides is 1. The number of rotatable bonds is 9. The van der Waals surface area contributed by atoms with E-state index in [0.717, 1.165) is 49.9 Å². The van der Waals surface area contributed by atoms with E-state index < -0.39 is 0 Å². The molecule has 0 N–H and O–H groups in total. The second-order valence-corrected chi connectivity index (χ2v) is 12.2. The summed E-state index contributed by atoms with van der Waals surface area (Å²) in [6.45, 7) is 9.39. The maximum Gasteiger partial charge on any atom is 0.247 e. The first-order valence-electron chi connectivity index (χ1n) is 15.3. The Bertz CT molecular complexity index is 1380. The first kappa shape index (κ1) is 30.0. The zero-order valence-corrected chi connectivity index (χ0v) is 25.7. The average molecular weight is 573 g/mol. The summed E-state index contributed by atoms with van der Waals surface area (Å²) >= 11 is 0. The van der Waals surface area contributed by atoms with E-state index in [0.29, 0.717) is 54.9 Å². The lowest BCUT2D eigenvalue weighted by Crippen LogP contribution is -2.47. The molecule has 1 saturated heterocycles. The number of piperidine rings is 1. The molecule has 3 aliphatic rings. The van der Waals surface area contributed by atoms with Crippen LogP contribution in [0.15, 0.2) is 35.9 Å². The fourth-order valence-electron chi connectivity index (χ4n) is 7.53. The number of ether oxygens (including phenoxy) is 2. The van der Waals surface area contributed by atoms with E-state index in [1.165, 1.54) is 28.3 Å². The summed E-state index contributed by atoms with van der Waals surface area (Å²) in [5, 5.41) is 0. The summed E-state index contributed by atoms with van der Waals surface area (Å²) in [5.74, 6) is 2.05. The van der Waals surface area contributed by atoms with Crippen molar-refractivity contribution >= 4 is 18.5 Å². The van der Waals surface area contributed by atoms with Crippen LogP contribution >= 0.6 is 0 Å². The quantitative estimate of drug-likeness (QED) is 0.292. The van der Waals surface area contributed by atoms with Crippen LogP contribution in [-0.4, -0.2) is 62.1 Å². The molecule has 7 heteroatoms. The van der Waals surface area contributed by atoms with Gasteiger partial charge in [0.05, 0.1) is 20.3 Å². The van der Waals surface area contributed by atoms with Gasteiger partial charge in [0.15, 0.2) is 11.5 Å². The van der Waals surface area contributed by atoms with Crippen LogP contribution in [0.1, 0.15) is 78.1 Å². The van der Waals surface area contributed by atoms with Gasteiger partial charge in [0.2, 0.25) is 5.91 Å². The highest BCUT2D eigenvalue weighted by molar-refractivity contribution is 5.95. The number of fused-ring (bicyclic) bond motifs is 4. The van der Waals surface area contributed by atoms with Crippen molar-refractivity contribution in [3.05, 3.63) is 69.3 Å². The first-order valence-corrected chi connectivity index (χ1v) is 15.3. The van der Waals surface area contributed by atoms with Crippen LogP contribution in [0, 0.1) is 25.7 Å². The van der Waals surface area contributed by atoms with Gasteiger partial charge in [-0.3, -0.25) is 14.5 Å². The average Bonchev–Trinajstić information content (AvgIpc) is 3.00. The molecular formula is C35H44N2O5. The SMILES string of the molecule is CCC1CN2CCc3cc(C)c(C)cc3C2CC1CC1c2cc(OC)c(OC)cc2CCN1C(=O)/C=C(\C=O)CC=O. The summed E-state index contributed by atoms with van der Waals surface area (Å²) in [6.07, 6.45) is 7.31. The molecule has 224 valence electrons. The Morgan fingerprint density at radius 3 is 2.31 bits per heavy atom. The van der Waals surface area contributed by atoms with Crippen molar-refractivity contribution in [1.29, 1.82) is 0 Å². The van der Waals surface area contributed by atoms with Crippen molar-refractivity contribution in [2.75, 3.05) is 33.9 Å². The number of carbonyl (C=O) groups excluding carboxylic acids is 3. The lowest BCUT2D eigenvalue weighted by molar-refractivity contribution is -0.129. The second kappa shape index (κ2) is 12.8. The number of benzene rings is 2. The topological polar surface area (TPSA) is 76.2 Å². The highest BCUT2D eigenvalue weighted by Crippen LogP contribution is 2.48. The van der Waals surface area contributed by atoms with Gasteiger partial charge in [0, 0.05) is 43.7 Å². The molecule has 4 unspecified atom stereocenters. The van der Waals surface area contributed by atoms with Crippen molar-refractivity contribution in [2.24, 2.45) is 11.8 Å². The molecule has 2 aromatic rings. The number of aryl methyl sites for hydroxylation is 2. The van der Waals surface area contributed by atoms with Crippen LogP contribution < -0.4 is 9.47 Å². The van der Waals surface area contributed by atoms with Crippen molar-refractivity contribution < 1.29 is 23.9 Å². The Morgan fingerprint density at radius 1 is 0.929 bits per heavy atom. The third-order valence-corrected chi connectivity index (χ3v) is 10.0. The van der Waals surface area contributed by atoms with E-state index in [9.17, 15) is 14.4 Å². The first-order chi connectivity index (χ1) is 20.3. The fraction of sp³-hybridized carbons (Fsp3) is 0.514. The van der Waals surface area contributed by atoms with Crippen molar-refractivity contribution in [2.45, 2.75) is 71.4 Å². The summed E-state index contributed by atoms with van der Waals surface area (Å²) in [6, 6.07) is 9.09. The van der Waals surface area contributed by atoms with E-state index >= 15 is 0 Å². The molecule has 3 heterocycles. The number of methoxy groups -OCH3 is 2. The van der Waals surface area contributed by atoms with Gasteiger partial charge in [0.1, 0.15) is 12.6 Å². The second-order valence-electron chi connectivity index (χ2n) is 12.2. The zero-order valence-electron chi connectivity index (χ0n) is 25.7. The molecule has 42 heavy (non-hydrogen) atoms. The van der Waals surface area contributed by atoms with E-state index in [1.54, 1.807) is 14.2 Å². The summed E-state index contributed by atoms with van der Waals surface area (Å²) in [4.78, 5) is 41.0. The molecular weight excluding hydrogens is 528 g/mol. The van der Waals surface area contributed by atoms with Gasteiger partial charge in [-0.25, -0.2) is 0 Å². The number of hydrogen-bond donors (Lipinski definition) is 0. The van der Waals surface area contributed by atoms with Crippen molar-refractivity contribution in [3.8, 4) is 11.5 Å². The highest BCUT2D eigenvalue weighted by Gasteiger charge is 2.41. The fourth-order valence-corrected chi connectivity index (χ4v) is 7.53. The molecule has 1 fully saturated rings. The molecule has 0 radical (unpaired) electrons. The summed E-state index contributed by atoms with van der Waals surface area (Å²) in [5.41, 5.74) is 8.10. The van der Waals surface area contributed by atoms with E-state index in [1.807, 2.05) is 17.0 Å². The highest BCUT2D eigenvalue weighted by atomic mass is 16.5. The Kier molecular flexibility index (Phi) is 9.16. The van der Waals surface area contributed by atoms with E-state index in [2.05, 4.69) is 37.8 Å². The molecule has 0 spiro atoms. The van der Waals surface area contributed by atoms with Gasteiger partial charge in [-0.05, 0) is 96.9 Å². The summed E-state index contributed by atoms with van der Waals surface area (Å²) < 4.78 is 11.3. The van der Waals surface area contributed by atoms with Crippen LogP contribution in [0.5, 0.6) is 11.5 Å². The molecule has 5 rings (SSSR count). The molecule has 0 aromatic heterocycles. The predicted molar refractivity (Wildman–Crippen MR) is 163 cm³/mol. The van der Waals surface area contributed by atoms with Gasteiger partial charge >= 0.3 is 0 Å². The molecule has 4 atom stereocenters. The lowest BCUT2D eigenvalue weighted by Gasteiger charge is -2.49. The smallest absolute Gasteiger partial charge is 0.247 e. The largest absolute Gasteiger partial charge is 0.493 e. The Morgan fingerprint density at radius 2 is 1.62 bits per heavy atom. The molecule has 0 bridgehead atoms. The van der Waals surface area contributed by atoms with Crippen molar-refractivity contribution in [1.82, 2.24) is 9.80 Å². The van der Waals surface area contributed by atoms with E-state index in [-0.39, 0.29) is 23.9 Å². The van der Waals surface area contributed by atoms with E-state index in [4.69, 9.17) is 9.47 Å². The van der Waals surface area contributed by atoms with Crippen molar-refractivity contribution in [3.63, 3.8) is 0 Å². The van der Waals surface area contributed by atoms with Gasteiger partial charge < -0.3 is 19.2 Å². The molecule has 0 saturated carbocycles. The van der Waals surface area contributed by atoms with Crippen LogP contribution in [0.2, 0.25) is 0 Å². The van der Waals surface area contributed by atoms with Crippen LogP contribution in [0.25, 0.3) is 0 Å². The minimum absolute atomic E-state index is 0.0638. The van der Waals surface area contributed by atoms with Crippen LogP contribution in [0.3, 0.4) is 0 Å². The Balaban J connectivity index is 1.53. The molecule has 2 aromatic carbocycles. The molecule has 1 amide bonds. The predicted octanol–water partition coefficient (Wildman–Crippen LogP) is 5.50. The third kappa shape index (κ3) is 5.76. The Labute approximate surface area is 249 Å². The van der Waals surface area contributed by atoms with Gasteiger partial charge in [-0.15, -0.1) is 0 Å². The monoisotopic (exact) mass is 572 g/mol. The maximum absolute atomic E-state index is 13.7. The number of hydrogen-bond acceptors (Lipinski definition) is 6. The molecule has 0 aliphatic carbocycles. The minimum Gasteiger partial charge on any atom is -0.493 e. The lowest BCUT2D eigenvalue weighted by atomic mass is 9.71. The number of nitrogens with zero attached hydrogens (tertiary/aromatic N) is 2. The standard InChI is InChI=1S/C35H44N2O5/c1-6-25-20-36-10-7-26-13-22(2)23(3)14-29(26)31(36)16-28(25)17-32-30-19-34(42-5)33(41-4)18-27(30)8-11-37(32)35(40)15-24(21-39)9-12-38/h12-15,18-19,21,25,28,31-32H,6-11,16-17,20H2,1-5H3/b24-15-. The Hall–Kier alpha value is -3.45. The van der Waals surface area contributed by atoms with Gasteiger partial charge in [0.25, 0.3) is 0 Å². The van der Waals surface area contributed by atoms with Crippen LogP contribution in [-0.2, 0) is 27.2 Å². The number of aldehydes is 2. The third-order valence-electron chi connectivity index (χ3n) is 10.0. The minimum atomic E-state index is -0.219. The summed E-state index contributed by atoms with van der Waals surface area (Å²) in [7, 11) is 3.28. The van der Waals surface area contributed by atoms with Crippen LogP contribution in [0.4, 0.5) is 0 Å². The normalized spacial score (nSPS) is 23.8. The van der Waals surface area contributed by atoms with Gasteiger partial charge in [-0.1, -0.05) is 25.5 Å². The zero-order chi connectivity index (χ0) is 30.0. The van der Waals surface area contributed by atoms with Gasteiger partial charge in [-0.2, -0.15) is 0 Å². The molecule has 3 aliphatic heterocycles. The maximum atomic E-state index is 13.7. The number of carbonyl (C=O) groups is 3. The molecule has 7 nitrogen and oxygen atoms in total.